The minimum absolute atomic E-state index is 0.407. The lowest BCUT2D eigenvalue weighted by Crippen LogP contribution is -2.12. The molecule has 1 aromatic carbocycles. The highest BCUT2D eigenvalue weighted by Gasteiger charge is 2.18. The summed E-state index contributed by atoms with van der Waals surface area (Å²) in [5.74, 6) is 0.407. The summed E-state index contributed by atoms with van der Waals surface area (Å²) in [6.45, 7) is 0.744. The molecular formula is C12H16BrNO. The molecule has 0 heterocycles. The molecule has 1 aromatic rings. The molecule has 82 valence electrons. The predicted molar refractivity (Wildman–Crippen MR) is 65.2 cm³/mol. The van der Waals surface area contributed by atoms with Crippen molar-refractivity contribution >= 4 is 15.9 Å². The van der Waals surface area contributed by atoms with Gasteiger partial charge in [0.1, 0.15) is 5.75 Å². The molecule has 2 rings (SSSR count). The first-order valence-electron chi connectivity index (χ1n) is 5.40. The Hall–Kier alpha value is -0.540. The molecule has 1 aliphatic carbocycles. The molecule has 15 heavy (non-hydrogen) atoms. The number of nitrogens with one attached hydrogen (secondary N) is 1. The summed E-state index contributed by atoms with van der Waals surface area (Å²) < 4.78 is 0.827. The van der Waals surface area contributed by atoms with E-state index >= 15 is 0 Å². The molecule has 0 saturated carbocycles. The van der Waals surface area contributed by atoms with E-state index in [0.717, 1.165) is 29.4 Å². The number of phenolic OH excluding ortho intramolecular Hbond substituents is 1. The molecule has 1 aliphatic rings. The van der Waals surface area contributed by atoms with Crippen molar-refractivity contribution in [2.75, 3.05) is 7.05 Å². The van der Waals surface area contributed by atoms with E-state index in [0.29, 0.717) is 5.75 Å². The fourth-order valence-corrected chi connectivity index (χ4v) is 2.82. The molecule has 0 fully saturated rings. The first-order valence-corrected chi connectivity index (χ1v) is 6.20. The average molecular weight is 270 g/mol. The summed E-state index contributed by atoms with van der Waals surface area (Å²) in [4.78, 5) is 0. The van der Waals surface area contributed by atoms with Crippen LogP contribution in [0.1, 0.15) is 29.5 Å². The second-order valence-corrected chi connectivity index (χ2v) is 4.92. The van der Waals surface area contributed by atoms with Crippen molar-refractivity contribution < 1.29 is 5.11 Å². The van der Waals surface area contributed by atoms with Gasteiger partial charge in [-0.3, -0.25) is 0 Å². The van der Waals surface area contributed by atoms with Gasteiger partial charge in [0, 0.05) is 12.1 Å². The van der Waals surface area contributed by atoms with Gasteiger partial charge in [-0.15, -0.1) is 0 Å². The maximum atomic E-state index is 10.00. The minimum atomic E-state index is 0.407. The van der Waals surface area contributed by atoms with Crippen LogP contribution in [0.3, 0.4) is 0 Å². The second kappa shape index (κ2) is 4.54. The number of halogens is 1. The maximum Gasteiger partial charge on any atom is 0.134 e. The molecule has 0 aromatic heterocycles. The molecular weight excluding hydrogens is 254 g/mol. The number of aryl methyl sites for hydroxylation is 1. The fourth-order valence-electron chi connectivity index (χ4n) is 2.31. The largest absolute Gasteiger partial charge is 0.506 e. The van der Waals surface area contributed by atoms with Crippen LogP contribution >= 0.6 is 15.9 Å². The van der Waals surface area contributed by atoms with E-state index in [1.54, 1.807) is 0 Å². The van der Waals surface area contributed by atoms with Crippen molar-refractivity contribution in [3.05, 3.63) is 27.2 Å². The van der Waals surface area contributed by atoms with Crippen molar-refractivity contribution in [1.29, 1.82) is 0 Å². The zero-order valence-corrected chi connectivity index (χ0v) is 10.5. The summed E-state index contributed by atoms with van der Waals surface area (Å²) >= 11 is 3.42. The van der Waals surface area contributed by atoms with Crippen molar-refractivity contribution in [1.82, 2.24) is 5.32 Å². The summed E-state index contributed by atoms with van der Waals surface area (Å²) in [5, 5.41) is 13.1. The molecule has 0 radical (unpaired) electrons. The average Bonchev–Trinajstić information content (AvgIpc) is 2.25. The van der Waals surface area contributed by atoms with Crippen LogP contribution in [0, 0.1) is 0 Å². The second-order valence-electron chi connectivity index (χ2n) is 4.06. The van der Waals surface area contributed by atoms with Gasteiger partial charge in [-0.25, -0.2) is 0 Å². The van der Waals surface area contributed by atoms with Crippen molar-refractivity contribution in [3.63, 3.8) is 0 Å². The quantitative estimate of drug-likeness (QED) is 0.866. The minimum Gasteiger partial charge on any atom is -0.506 e. The van der Waals surface area contributed by atoms with Gasteiger partial charge < -0.3 is 10.4 Å². The van der Waals surface area contributed by atoms with Crippen LogP contribution in [0.4, 0.5) is 0 Å². The van der Waals surface area contributed by atoms with E-state index < -0.39 is 0 Å². The van der Waals surface area contributed by atoms with Crippen LogP contribution in [-0.4, -0.2) is 12.2 Å². The Bertz CT molecular complexity index is 376. The van der Waals surface area contributed by atoms with E-state index in [4.69, 9.17) is 0 Å². The van der Waals surface area contributed by atoms with Crippen LogP contribution in [0.5, 0.6) is 5.75 Å². The topological polar surface area (TPSA) is 32.3 Å². The van der Waals surface area contributed by atoms with E-state index in [9.17, 15) is 5.11 Å². The first-order chi connectivity index (χ1) is 7.24. The molecule has 0 unspecified atom stereocenters. The van der Waals surface area contributed by atoms with Gasteiger partial charge in [0.05, 0.1) is 4.47 Å². The third-order valence-electron chi connectivity index (χ3n) is 3.04. The zero-order valence-electron chi connectivity index (χ0n) is 8.94. The third kappa shape index (κ3) is 2.04. The summed E-state index contributed by atoms with van der Waals surface area (Å²) in [7, 11) is 1.91. The number of phenols is 1. The normalized spacial score (nSPS) is 15.1. The number of fused-ring (bicyclic) bond motifs is 1. The van der Waals surface area contributed by atoms with Crippen LogP contribution in [-0.2, 0) is 19.4 Å². The molecule has 0 spiro atoms. The maximum absolute atomic E-state index is 10.00. The number of hydrogen-bond acceptors (Lipinski definition) is 2. The molecule has 0 amide bonds. The Kier molecular flexibility index (Phi) is 3.32. The number of aromatic hydroxyl groups is 1. The summed E-state index contributed by atoms with van der Waals surface area (Å²) in [6.07, 6.45) is 4.76. The summed E-state index contributed by atoms with van der Waals surface area (Å²) in [5.41, 5.74) is 3.83. The third-order valence-corrected chi connectivity index (χ3v) is 3.65. The van der Waals surface area contributed by atoms with Crippen LogP contribution in [0.25, 0.3) is 0 Å². The van der Waals surface area contributed by atoms with Crippen LogP contribution < -0.4 is 5.32 Å². The van der Waals surface area contributed by atoms with Crippen LogP contribution in [0.2, 0.25) is 0 Å². The highest BCUT2D eigenvalue weighted by Crippen LogP contribution is 2.36. The standard InChI is InChI=1S/C12H16BrNO/c1-14-7-10-9-5-3-2-4-8(9)6-11(13)12(10)15/h6,14-15H,2-5,7H2,1H3. The lowest BCUT2D eigenvalue weighted by atomic mass is 9.88. The zero-order chi connectivity index (χ0) is 10.8. The van der Waals surface area contributed by atoms with Gasteiger partial charge in [0.15, 0.2) is 0 Å². The van der Waals surface area contributed by atoms with Gasteiger partial charge >= 0.3 is 0 Å². The Morgan fingerprint density at radius 1 is 1.40 bits per heavy atom. The molecule has 2 nitrogen and oxygen atoms in total. The van der Waals surface area contributed by atoms with Crippen LogP contribution in [0.15, 0.2) is 10.5 Å². The Morgan fingerprint density at radius 2 is 2.13 bits per heavy atom. The SMILES string of the molecule is CNCc1c(O)c(Br)cc2c1CCCC2. The number of rotatable bonds is 2. The molecule has 0 atom stereocenters. The Balaban J connectivity index is 2.52. The number of hydrogen-bond donors (Lipinski definition) is 2. The fraction of sp³-hybridized carbons (Fsp3) is 0.500. The monoisotopic (exact) mass is 269 g/mol. The Labute approximate surface area is 98.8 Å². The van der Waals surface area contributed by atoms with Gasteiger partial charge in [-0.1, -0.05) is 0 Å². The van der Waals surface area contributed by atoms with Gasteiger partial charge in [0.25, 0.3) is 0 Å². The van der Waals surface area contributed by atoms with Crippen molar-refractivity contribution in [3.8, 4) is 5.75 Å². The van der Waals surface area contributed by atoms with E-state index in [1.807, 2.05) is 7.05 Å². The molecule has 2 N–H and O–H groups in total. The van der Waals surface area contributed by atoms with E-state index in [1.165, 1.54) is 24.0 Å². The Morgan fingerprint density at radius 3 is 2.87 bits per heavy atom. The highest BCUT2D eigenvalue weighted by atomic mass is 79.9. The molecule has 0 aliphatic heterocycles. The predicted octanol–water partition coefficient (Wildman–Crippen LogP) is 2.75. The van der Waals surface area contributed by atoms with Gasteiger partial charge in [-0.05, 0) is 65.9 Å². The lowest BCUT2D eigenvalue weighted by molar-refractivity contribution is 0.459. The summed E-state index contributed by atoms with van der Waals surface area (Å²) in [6, 6.07) is 2.07. The smallest absolute Gasteiger partial charge is 0.134 e. The lowest BCUT2D eigenvalue weighted by Gasteiger charge is -2.21. The molecule has 3 heteroatoms. The first kappa shape index (κ1) is 11.0. The van der Waals surface area contributed by atoms with Crippen molar-refractivity contribution in [2.24, 2.45) is 0 Å². The van der Waals surface area contributed by atoms with Crippen molar-refractivity contribution in [2.45, 2.75) is 32.2 Å². The number of benzene rings is 1. The van der Waals surface area contributed by atoms with Gasteiger partial charge in [-0.2, -0.15) is 0 Å². The molecule has 0 saturated heterocycles. The van der Waals surface area contributed by atoms with E-state index in [2.05, 4.69) is 27.3 Å². The van der Waals surface area contributed by atoms with Gasteiger partial charge in [0.2, 0.25) is 0 Å². The highest BCUT2D eigenvalue weighted by molar-refractivity contribution is 9.10. The molecule has 0 bridgehead atoms. The van der Waals surface area contributed by atoms with E-state index in [-0.39, 0.29) is 0 Å².